The SMILES string of the molecule is COC(=O)C(CC=CC1=CCCCO1)C(=O)OC. The smallest absolute Gasteiger partial charge is 0.320 e. The van der Waals surface area contributed by atoms with Gasteiger partial charge in [-0.25, -0.2) is 0 Å². The predicted molar refractivity (Wildman–Crippen MR) is 64.5 cm³/mol. The lowest BCUT2D eigenvalue weighted by molar-refractivity contribution is -0.158. The molecule has 0 amide bonds. The molecule has 18 heavy (non-hydrogen) atoms. The molecular weight excluding hydrogens is 236 g/mol. The molecule has 5 heteroatoms. The monoisotopic (exact) mass is 254 g/mol. The fourth-order valence-electron chi connectivity index (χ4n) is 1.59. The second-order valence-electron chi connectivity index (χ2n) is 3.83. The second-order valence-corrected chi connectivity index (χ2v) is 3.83. The first-order valence-corrected chi connectivity index (χ1v) is 5.84. The summed E-state index contributed by atoms with van der Waals surface area (Å²) in [5.41, 5.74) is 0. The first kappa shape index (κ1) is 14.3. The number of hydrogen-bond donors (Lipinski definition) is 0. The lowest BCUT2D eigenvalue weighted by Gasteiger charge is -2.12. The van der Waals surface area contributed by atoms with E-state index in [1.54, 1.807) is 12.2 Å². The van der Waals surface area contributed by atoms with E-state index in [0.29, 0.717) is 6.61 Å². The van der Waals surface area contributed by atoms with Crippen LogP contribution >= 0.6 is 0 Å². The molecule has 0 aromatic rings. The molecule has 1 aliphatic heterocycles. The van der Waals surface area contributed by atoms with Crippen molar-refractivity contribution in [1.82, 2.24) is 0 Å². The Morgan fingerprint density at radius 1 is 1.39 bits per heavy atom. The zero-order chi connectivity index (χ0) is 13.4. The number of methoxy groups -OCH3 is 2. The number of esters is 2. The number of carbonyl (C=O) groups excluding carboxylic acids is 2. The van der Waals surface area contributed by atoms with Gasteiger partial charge in [0.15, 0.2) is 5.92 Å². The molecule has 0 aliphatic carbocycles. The number of rotatable bonds is 5. The molecule has 1 rings (SSSR count). The summed E-state index contributed by atoms with van der Waals surface area (Å²) in [6, 6.07) is 0. The number of hydrogen-bond acceptors (Lipinski definition) is 5. The highest BCUT2D eigenvalue weighted by Gasteiger charge is 2.27. The normalized spacial score (nSPS) is 15.2. The van der Waals surface area contributed by atoms with Gasteiger partial charge < -0.3 is 14.2 Å². The van der Waals surface area contributed by atoms with Crippen LogP contribution in [-0.4, -0.2) is 32.8 Å². The predicted octanol–water partition coefficient (Wildman–Crippen LogP) is 1.59. The summed E-state index contributed by atoms with van der Waals surface area (Å²) >= 11 is 0. The maximum atomic E-state index is 11.4. The van der Waals surface area contributed by atoms with Crippen molar-refractivity contribution in [2.45, 2.75) is 19.3 Å². The average molecular weight is 254 g/mol. The van der Waals surface area contributed by atoms with Gasteiger partial charge in [0.25, 0.3) is 0 Å². The third-order valence-electron chi connectivity index (χ3n) is 2.59. The van der Waals surface area contributed by atoms with Gasteiger partial charge in [-0.1, -0.05) is 6.08 Å². The Kier molecular flexibility index (Phi) is 5.97. The molecule has 0 fully saturated rings. The molecule has 0 atom stereocenters. The molecule has 0 N–H and O–H groups in total. The third kappa shape index (κ3) is 4.24. The maximum Gasteiger partial charge on any atom is 0.320 e. The van der Waals surface area contributed by atoms with Gasteiger partial charge in [-0.2, -0.15) is 0 Å². The van der Waals surface area contributed by atoms with E-state index < -0.39 is 17.9 Å². The van der Waals surface area contributed by atoms with Crippen LogP contribution in [-0.2, 0) is 23.8 Å². The molecule has 1 heterocycles. The number of ether oxygens (including phenoxy) is 3. The van der Waals surface area contributed by atoms with E-state index in [2.05, 4.69) is 9.47 Å². The summed E-state index contributed by atoms with van der Waals surface area (Å²) in [5, 5.41) is 0. The molecular formula is C13H18O5. The van der Waals surface area contributed by atoms with Crippen LogP contribution in [0.1, 0.15) is 19.3 Å². The van der Waals surface area contributed by atoms with Crippen LogP contribution in [0.25, 0.3) is 0 Å². The van der Waals surface area contributed by atoms with Crippen molar-refractivity contribution in [2.24, 2.45) is 5.92 Å². The van der Waals surface area contributed by atoms with Crippen molar-refractivity contribution in [3.05, 3.63) is 24.0 Å². The van der Waals surface area contributed by atoms with Gasteiger partial charge in [0, 0.05) is 0 Å². The quantitative estimate of drug-likeness (QED) is 0.550. The van der Waals surface area contributed by atoms with Gasteiger partial charge in [-0.3, -0.25) is 9.59 Å². The van der Waals surface area contributed by atoms with Crippen molar-refractivity contribution >= 4 is 11.9 Å². The molecule has 0 saturated carbocycles. The Morgan fingerprint density at radius 2 is 2.06 bits per heavy atom. The largest absolute Gasteiger partial charge is 0.494 e. The molecule has 1 aliphatic rings. The van der Waals surface area contributed by atoms with E-state index in [-0.39, 0.29) is 6.42 Å². The van der Waals surface area contributed by atoms with Crippen LogP contribution in [0.4, 0.5) is 0 Å². The van der Waals surface area contributed by atoms with Gasteiger partial charge in [-0.05, 0) is 31.4 Å². The van der Waals surface area contributed by atoms with Crippen molar-refractivity contribution in [3.8, 4) is 0 Å². The van der Waals surface area contributed by atoms with Crippen LogP contribution in [0, 0.1) is 5.92 Å². The molecule has 0 saturated heterocycles. The zero-order valence-electron chi connectivity index (χ0n) is 10.7. The topological polar surface area (TPSA) is 61.8 Å². The minimum atomic E-state index is -0.916. The molecule has 0 spiro atoms. The van der Waals surface area contributed by atoms with E-state index in [4.69, 9.17) is 4.74 Å². The molecule has 0 aromatic carbocycles. The summed E-state index contributed by atoms with van der Waals surface area (Å²) < 4.78 is 14.5. The lowest BCUT2D eigenvalue weighted by Crippen LogP contribution is -2.25. The van der Waals surface area contributed by atoms with E-state index in [1.165, 1.54) is 14.2 Å². The second kappa shape index (κ2) is 7.53. The van der Waals surface area contributed by atoms with Crippen molar-refractivity contribution in [2.75, 3.05) is 20.8 Å². The van der Waals surface area contributed by atoms with Crippen LogP contribution < -0.4 is 0 Å². The van der Waals surface area contributed by atoms with Gasteiger partial charge in [0.05, 0.1) is 20.8 Å². The summed E-state index contributed by atoms with van der Waals surface area (Å²) in [4.78, 5) is 22.8. The molecule has 0 bridgehead atoms. The highest BCUT2D eigenvalue weighted by atomic mass is 16.5. The van der Waals surface area contributed by atoms with E-state index >= 15 is 0 Å². The average Bonchev–Trinajstić information content (AvgIpc) is 2.43. The minimum absolute atomic E-state index is 0.236. The minimum Gasteiger partial charge on any atom is -0.494 e. The molecule has 5 nitrogen and oxygen atoms in total. The first-order chi connectivity index (χ1) is 8.69. The van der Waals surface area contributed by atoms with Gasteiger partial charge >= 0.3 is 11.9 Å². The van der Waals surface area contributed by atoms with Crippen LogP contribution in [0.2, 0.25) is 0 Å². The van der Waals surface area contributed by atoms with E-state index in [1.807, 2.05) is 6.08 Å². The van der Waals surface area contributed by atoms with Gasteiger partial charge in [0.2, 0.25) is 0 Å². The lowest BCUT2D eigenvalue weighted by atomic mass is 10.1. The Morgan fingerprint density at radius 3 is 2.56 bits per heavy atom. The zero-order valence-corrected chi connectivity index (χ0v) is 10.7. The highest BCUT2D eigenvalue weighted by Crippen LogP contribution is 2.13. The summed E-state index contributed by atoms with van der Waals surface area (Å²) in [5.74, 6) is -1.33. The Hall–Kier alpha value is -1.78. The van der Waals surface area contributed by atoms with E-state index in [0.717, 1.165) is 18.6 Å². The Balaban J connectivity index is 2.55. The molecule has 0 unspecified atom stereocenters. The van der Waals surface area contributed by atoms with Crippen LogP contribution in [0.3, 0.4) is 0 Å². The number of carbonyl (C=O) groups is 2. The maximum absolute atomic E-state index is 11.4. The molecule has 100 valence electrons. The summed E-state index contributed by atoms with van der Waals surface area (Å²) in [6.45, 7) is 0.702. The Bertz CT molecular complexity index is 340. The fourth-order valence-corrected chi connectivity index (χ4v) is 1.59. The van der Waals surface area contributed by atoms with Crippen molar-refractivity contribution < 1.29 is 23.8 Å². The first-order valence-electron chi connectivity index (χ1n) is 5.84. The van der Waals surface area contributed by atoms with E-state index in [9.17, 15) is 9.59 Å². The van der Waals surface area contributed by atoms with Crippen LogP contribution in [0.15, 0.2) is 24.0 Å². The van der Waals surface area contributed by atoms with Crippen molar-refractivity contribution in [3.63, 3.8) is 0 Å². The Labute approximate surface area is 106 Å². The van der Waals surface area contributed by atoms with Crippen LogP contribution in [0.5, 0.6) is 0 Å². The number of allylic oxidation sites excluding steroid dienone is 3. The molecule has 0 radical (unpaired) electrons. The van der Waals surface area contributed by atoms with Gasteiger partial charge in [-0.15, -0.1) is 0 Å². The fraction of sp³-hybridized carbons (Fsp3) is 0.538. The molecule has 0 aromatic heterocycles. The van der Waals surface area contributed by atoms with Gasteiger partial charge in [0.1, 0.15) is 5.76 Å². The van der Waals surface area contributed by atoms with Crippen molar-refractivity contribution in [1.29, 1.82) is 0 Å². The highest BCUT2D eigenvalue weighted by molar-refractivity contribution is 5.94. The summed E-state index contributed by atoms with van der Waals surface area (Å²) in [6.07, 6.45) is 7.69. The third-order valence-corrected chi connectivity index (χ3v) is 2.59. The summed E-state index contributed by atoms with van der Waals surface area (Å²) in [7, 11) is 2.49. The standard InChI is InChI=1S/C13H18O5/c1-16-12(14)11(13(15)17-2)8-5-7-10-6-3-4-9-18-10/h5-7,11H,3-4,8-9H2,1-2H3.